The van der Waals surface area contributed by atoms with E-state index in [4.69, 9.17) is 10.5 Å². The Labute approximate surface area is 251 Å². The summed E-state index contributed by atoms with van der Waals surface area (Å²) in [6.45, 7) is 0.376. The molecule has 13 heteroatoms. The maximum Gasteiger partial charge on any atom is 0.437 e. The van der Waals surface area contributed by atoms with Crippen molar-refractivity contribution in [3.8, 4) is 0 Å². The van der Waals surface area contributed by atoms with Crippen LogP contribution in [-0.2, 0) is 17.5 Å². The highest BCUT2D eigenvalue weighted by molar-refractivity contribution is 6.07. The van der Waals surface area contributed by atoms with Crippen molar-refractivity contribution in [2.75, 3.05) is 20.1 Å². The minimum Gasteiger partial charge on any atom is -0.443 e. The van der Waals surface area contributed by atoms with Crippen LogP contribution in [0.5, 0.6) is 0 Å². The molecule has 4 N–H and O–H groups in total. The number of carbonyl (C=O) groups is 4. The molecule has 3 aromatic carbocycles. The number of carbonyl (C=O) groups excluding carboxylic acids is 4. The number of alkyl halides is 3. The first-order valence-corrected chi connectivity index (χ1v) is 13.6. The van der Waals surface area contributed by atoms with Gasteiger partial charge >= 0.3 is 12.3 Å². The van der Waals surface area contributed by atoms with Crippen molar-refractivity contribution in [3.05, 3.63) is 106 Å². The molecule has 44 heavy (non-hydrogen) atoms. The van der Waals surface area contributed by atoms with Crippen molar-refractivity contribution in [1.82, 2.24) is 15.5 Å². The van der Waals surface area contributed by atoms with E-state index in [0.717, 1.165) is 6.07 Å². The normalized spacial score (nSPS) is 14.1. The molecule has 0 atom stereocenters. The van der Waals surface area contributed by atoms with Gasteiger partial charge in [-0.2, -0.15) is 13.2 Å². The van der Waals surface area contributed by atoms with Gasteiger partial charge in [-0.05, 0) is 66.3 Å². The molecule has 1 heterocycles. The summed E-state index contributed by atoms with van der Waals surface area (Å²) in [5.41, 5.74) is 5.78. The number of nitrogens with zero attached hydrogens (tertiary/aromatic N) is 2. The van der Waals surface area contributed by atoms with Gasteiger partial charge in [-0.15, -0.1) is 4.99 Å². The molecule has 1 saturated heterocycles. The van der Waals surface area contributed by atoms with Crippen molar-refractivity contribution in [2.24, 2.45) is 10.7 Å². The molecule has 1 aliphatic rings. The van der Waals surface area contributed by atoms with Crippen LogP contribution < -0.4 is 16.4 Å². The fourth-order valence-corrected chi connectivity index (χ4v) is 4.85. The zero-order valence-corrected chi connectivity index (χ0v) is 23.7. The number of nitrogens with one attached hydrogen (secondary N) is 2. The third-order valence-corrected chi connectivity index (χ3v) is 7.12. The van der Waals surface area contributed by atoms with E-state index in [1.165, 1.54) is 43.4 Å². The predicted octanol–water partition coefficient (Wildman–Crippen LogP) is 4.47. The number of amides is 4. The molecule has 0 spiro atoms. The highest BCUT2D eigenvalue weighted by Crippen LogP contribution is 2.39. The molecule has 230 valence electrons. The summed E-state index contributed by atoms with van der Waals surface area (Å²) in [7, 11) is 1.50. The Bertz CT molecular complexity index is 1550. The highest BCUT2D eigenvalue weighted by Gasteiger charge is 2.37. The number of nitrogens with two attached hydrogens (primary N) is 1. The molecule has 1 aliphatic heterocycles. The lowest BCUT2D eigenvalue weighted by molar-refractivity contribution is -0.138. The van der Waals surface area contributed by atoms with Gasteiger partial charge in [0, 0.05) is 36.8 Å². The molecule has 0 bridgehead atoms. The molecule has 0 aliphatic carbocycles. The topological polar surface area (TPSA) is 143 Å². The van der Waals surface area contributed by atoms with E-state index in [1.807, 2.05) is 0 Å². The lowest BCUT2D eigenvalue weighted by atomic mass is 9.85. The Morgan fingerprint density at radius 2 is 1.52 bits per heavy atom. The van der Waals surface area contributed by atoms with Gasteiger partial charge in [0.05, 0.1) is 5.56 Å². The van der Waals surface area contributed by atoms with Crippen molar-refractivity contribution in [2.45, 2.75) is 31.5 Å². The summed E-state index contributed by atoms with van der Waals surface area (Å²) in [5.74, 6) is -2.69. The second kappa shape index (κ2) is 13.8. The monoisotopic (exact) mass is 609 g/mol. The zero-order chi connectivity index (χ0) is 31.9. The Balaban J connectivity index is 1.39. The Morgan fingerprint density at radius 3 is 2.14 bits per heavy atom. The van der Waals surface area contributed by atoms with Gasteiger partial charge in [0.1, 0.15) is 6.61 Å². The van der Waals surface area contributed by atoms with Crippen molar-refractivity contribution in [1.29, 1.82) is 0 Å². The molecule has 4 rings (SSSR count). The number of piperidine rings is 1. The van der Waals surface area contributed by atoms with Gasteiger partial charge in [-0.25, -0.2) is 4.79 Å². The number of ether oxygens (including phenoxy) is 1. The summed E-state index contributed by atoms with van der Waals surface area (Å²) in [6, 6.07) is 18.1. The second-order valence-corrected chi connectivity index (χ2v) is 10.0. The molecule has 0 saturated carbocycles. The van der Waals surface area contributed by atoms with Gasteiger partial charge < -0.3 is 20.7 Å². The standard InChI is InChI=1S/C31H30F3N5O5/c1-36-26(40)21-7-9-22(10-8-21)28(42)39-15-13-20(14-16-39)24-12-11-23(17-25(24)31(32,33)34)27(41)37-29(35)38-30(43)44-18-19-5-3-2-4-6-19/h2-12,17,20H,13-16,18H2,1H3,(H,36,40)(H3,35,37,38,41,43). The maximum absolute atomic E-state index is 14.1. The van der Waals surface area contributed by atoms with E-state index in [2.05, 4.69) is 15.6 Å². The zero-order valence-electron chi connectivity index (χ0n) is 23.7. The van der Waals surface area contributed by atoms with E-state index >= 15 is 0 Å². The van der Waals surface area contributed by atoms with E-state index in [1.54, 1.807) is 35.2 Å². The second-order valence-electron chi connectivity index (χ2n) is 10.0. The lowest BCUT2D eigenvalue weighted by Crippen LogP contribution is -2.38. The van der Waals surface area contributed by atoms with Gasteiger partial charge in [0.2, 0.25) is 5.96 Å². The number of benzene rings is 3. The van der Waals surface area contributed by atoms with Gasteiger partial charge in [-0.1, -0.05) is 36.4 Å². The summed E-state index contributed by atoms with van der Waals surface area (Å²) < 4.78 is 47.3. The van der Waals surface area contributed by atoms with Crippen molar-refractivity contribution >= 4 is 29.8 Å². The SMILES string of the molecule is CNC(=O)c1ccc(C(=O)N2CCC(c3ccc(C(=O)NC(N)=NC(=O)OCc4ccccc4)cc3C(F)(F)F)CC2)cc1. The predicted molar refractivity (Wildman–Crippen MR) is 155 cm³/mol. The Hall–Kier alpha value is -5.20. The molecular weight excluding hydrogens is 579 g/mol. The Morgan fingerprint density at radius 1 is 0.909 bits per heavy atom. The van der Waals surface area contributed by atoms with Crippen molar-refractivity contribution < 1.29 is 37.1 Å². The average molecular weight is 610 g/mol. The van der Waals surface area contributed by atoms with E-state index in [9.17, 15) is 32.3 Å². The third kappa shape index (κ3) is 8.00. The van der Waals surface area contributed by atoms with Gasteiger partial charge in [-0.3, -0.25) is 19.7 Å². The van der Waals surface area contributed by atoms with Crippen LogP contribution in [0.1, 0.15) is 66.5 Å². The number of hydrogen-bond acceptors (Lipinski definition) is 5. The van der Waals surface area contributed by atoms with E-state index < -0.39 is 35.6 Å². The number of halogens is 3. The number of hydrogen-bond donors (Lipinski definition) is 3. The number of rotatable bonds is 6. The van der Waals surface area contributed by atoms with Crippen LogP contribution in [0.3, 0.4) is 0 Å². The number of aliphatic imine (C=N–C) groups is 1. The van der Waals surface area contributed by atoms with Gasteiger partial charge in [0.15, 0.2) is 0 Å². The van der Waals surface area contributed by atoms with Crippen molar-refractivity contribution in [3.63, 3.8) is 0 Å². The summed E-state index contributed by atoms with van der Waals surface area (Å²) >= 11 is 0. The van der Waals surface area contributed by atoms with Crippen LogP contribution in [-0.4, -0.2) is 54.8 Å². The highest BCUT2D eigenvalue weighted by atomic mass is 19.4. The molecule has 3 aromatic rings. The molecule has 10 nitrogen and oxygen atoms in total. The summed E-state index contributed by atoms with van der Waals surface area (Å²) in [5, 5.41) is 4.60. The number of guanidine groups is 1. The first kappa shape index (κ1) is 31.7. The Kier molecular flexibility index (Phi) is 9.99. The smallest absolute Gasteiger partial charge is 0.437 e. The first-order chi connectivity index (χ1) is 21.0. The minimum atomic E-state index is -4.76. The fraction of sp³-hybridized carbons (Fsp3) is 0.258. The third-order valence-electron chi connectivity index (χ3n) is 7.12. The van der Waals surface area contributed by atoms with E-state index in [-0.39, 0.29) is 55.5 Å². The van der Waals surface area contributed by atoms with Gasteiger partial charge in [0.25, 0.3) is 17.7 Å². The van der Waals surface area contributed by atoms with Crippen LogP contribution in [0.2, 0.25) is 0 Å². The quantitative estimate of drug-likeness (QED) is 0.278. The maximum atomic E-state index is 14.1. The molecule has 4 amide bonds. The average Bonchev–Trinajstić information content (AvgIpc) is 3.03. The largest absolute Gasteiger partial charge is 0.443 e. The summed E-state index contributed by atoms with van der Waals surface area (Å²) in [4.78, 5) is 54.2. The van der Waals surface area contributed by atoms with E-state index in [0.29, 0.717) is 16.7 Å². The molecule has 0 radical (unpaired) electrons. The fourth-order valence-electron chi connectivity index (χ4n) is 4.85. The van der Waals surface area contributed by atoms with Crippen LogP contribution in [0.25, 0.3) is 0 Å². The van der Waals surface area contributed by atoms with Crippen LogP contribution in [0.15, 0.2) is 77.8 Å². The first-order valence-electron chi connectivity index (χ1n) is 13.6. The molecule has 0 aromatic heterocycles. The lowest BCUT2D eigenvalue weighted by Gasteiger charge is -2.33. The molecular formula is C31H30F3N5O5. The molecule has 1 fully saturated rings. The summed E-state index contributed by atoms with van der Waals surface area (Å²) in [6.07, 6.45) is -5.28. The van der Waals surface area contributed by atoms with Crippen LogP contribution in [0.4, 0.5) is 18.0 Å². The molecule has 0 unspecified atom stereocenters. The minimum absolute atomic E-state index is 0.0159. The van der Waals surface area contributed by atoms with Crippen LogP contribution >= 0.6 is 0 Å². The number of likely N-dealkylation sites (tertiary alicyclic amines) is 1. The van der Waals surface area contributed by atoms with Crippen LogP contribution in [0, 0.1) is 0 Å².